The highest BCUT2D eigenvalue weighted by Crippen LogP contribution is 1.98. The van der Waals surface area contributed by atoms with Gasteiger partial charge in [-0.25, -0.2) is 0 Å². The summed E-state index contributed by atoms with van der Waals surface area (Å²) >= 11 is 0. The molecule has 1 N–H and O–H groups in total. The molecule has 0 radical (unpaired) electrons. The summed E-state index contributed by atoms with van der Waals surface area (Å²) in [4.78, 5) is 0. The van der Waals surface area contributed by atoms with Gasteiger partial charge in [0.15, 0.2) is 0 Å². The number of rotatable bonds is 8. The molecule has 0 aliphatic carbocycles. The van der Waals surface area contributed by atoms with Gasteiger partial charge < -0.3 is 10.1 Å². The van der Waals surface area contributed by atoms with Gasteiger partial charge in [-0.1, -0.05) is 13.8 Å². The van der Waals surface area contributed by atoms with Crippen LogP contribution in [0.5, 0.6) is 0 Å². The van der Waals surface area contributed by atoms with Gasteiger partial charge in [0.2, 0.25) is 0 Å². The average Bonchev–Trinajstić information content (AvgIpc) is 2.11. The van der Waals surface area contributed by atoms with E-state index in [4.69, 9.17) is 11.2 Å². The molecule has 0 rings (SSSR count). The number of hydrogen-bond acceptors (Lipinski definition) is 2. The van der Waals surface area contributed by atoms with E-state index in [0.717, 1.165) is 38.5 Å². The molecule has 0 fully saturated rings. The number of hydrogen-bond donors (Lipinski definition) is 1. The van der Waals surface area contributed by atoms with Gasteiger partial charge in [-0.05, 0) is 19.3 Å². The predicted molar refractivity (Wildman–Crippen MR) is 61.2 cm³/mol. The Morgan fingerprint density at radius 3 is 2.57 bits per heavy atom. The number of nitrogens with one attached hydrogen (secondary N) is 1. The summed E-state index contributed by atoms with van der Waals surface area (Å²) in [6.07, 6.45) is 7.12. The van der Waals surface area contributed by atoms with E-state index in [2.05, 4.69) is 32.0 Å². The highest BCUT2D eigenvalue weighted by atomic mass is 16.5. The molecule has 0 aromatic heterocycles. The summed E-state index contributed by atoms with van der Waals surface area (Å²) < 4.78 is 5.46. The Morgan fingerprint density at radius 2 is 2.00 bits per heavy atom. The molecule has 0 spiro atoms. The van der Waals surface area contributed by atoms with Crippen LogP contribution in [0.4, 0.5) is 0 Å². The van der Waals surface area contributed by atoms with E-state index in [0.29, 0.717) is 6.04 Å². The summed E-state index contributed by atoms with van der Waals surface area (Å²) in [6.45, 7) is 9.03. The lowest BCUT2D eigenvalue weighted by Gasteiger charge is -2.11. The lowest BCUT2D eigenvalue weighted by atomic mass is 10.1. The molecule has 0 bridgehead atoms. The Morgan fingerprint density at radius 1 is 1.29 bits per heavy atom. The smallest absolute Gasteiger partial charge is 0.0591 e. The van der Waals surface area contributed by atoms with Gasteiger partial charge in [0.05, 0.1) is 6.61 Å². The summed E-state index contributed by atoms with van der Waals surface area (Å²) in [7, 11) is 0. The van der Waals surface area contributed by atoms with Crippen LogP contribution in [0.1, 0.15) is 33.6 Å². The van der Waals surface area contributed by atoms with Crippen molar-refractivity contribution in [2.45, 2.75) is 39.7 Å². The Bertz CT molecular complexity index is 160. The maximum atomic E-state index is 5.46. The van der Waals surface area contributed by atoms with E-state index >= 15 is 0 Å². The zero-order chi connectivity index (χ0) is 10.8. The highest BCUT2D eigenvalue weighted by molar-refractivity contribution is 4.87. The van der Waals surface area contributed by atoms with Crippen molar-refractivity contribution in [3.8, 4) is 12.3 Å². The molecule has 14 heavy (non-hydrogen) atoms. The molecule has 2 heteroatoms. The summed E-state index contributed by atoms with van der Waals surface area (Å²) in [5.41, 5.74) is 0. The third-order valence-corrected chi connectivity index (χ3v) is 2.00. The van der Waals surface area contributed by atoms with Crippen molar-refractivity contribution >= 4 is 0 Å². The van der Waals surface area contributed by atoms with Crippen LogP contribution in [0.25, 0.3) is 0 Å². The van der Waals surface area contributed by atoms with Crippen LogP contribution in [0.2, 0.25) is 0 Å². The Labute approximate surface area is 88.4 Å². The molecule has 0 aromatic carbocycles. The van der Waals surface area contributed by atoms with Gasteiger partial charge in [-0.3, -0.25) is 0 Å². The van der Waals surface area contributed by atoms with Gasteiger partial charge in [-0.2, -0.15) is 0 Å². The van der Waals surface area contributed by atoms with Crippen molar-refractivity contribution in [2.75, 3.05) is 19.8 Å². The molecule has 0 saturated heterocycles. The molecule has 0 amide bonds. The number of terminal acetylenes is 1. The van der Waals surface area contributed by atoms with Crippen molar-refractivity contribution in [1.29, 1.82) is 0 Å². The summed E-state index contributed by atoms with van der Waals surface area (Å²) in [6, 6.07) is 0.397. The standard InChI is InChI=1S/C12H23NO/c1-5-6-12(4)13-8-10-14-9-7-11(2)3/h1,11-13H,6-10H2,2-4H3. The topological polar surface area (TPSA) is 21.3 Å². The molecule has 0 aliphatic heterocycles. The molecular formula is C12H23NO. The first-order chi connectivity index (χ1) is 6.66. The van der Waals surface area contributed by atoms with E-state index in [1.165, 1.54) is 0 Å². The minimum absolute atomic E-state index is 0.397. The van der Waals surface area contributed by atoms with Crippen LogP contribution in [-0.2, 0) is 4.74 Å². The van der Waals surface area contributed by atoms with Crippen molar-refractivity contribution in [1.82, 2.24) is 5.32 Å². The van der Waals surface area contributed by atoms with Crippen LogP contribution in [0.3, 0.4) is 0 Å². The van der Waals surface area contributed by atoms with Gasteiger partial charge in [0.1, 0.15) is 0 Å². The second-order valence-electron chi connectivity index (χ2n) is 4.06. The van der Waals surface area contributed by atoms with Crippen molar-refractivity contribution in [3.05, 3.63) is 0 Å². The molecule has 0 aliphatic rings. The third kappa shape index (κ3) is 9.57. The second kappa shape index (κ2) is 9.05. The Balaban J connectivity index is 3.10. The fourth-order valence-electron chi connectivity index (χ4n) is 1.05. The van der Waals surface area contributed by atoms with Crippen LogP contribution in [0, 0.1) is 18.3 Å². The lowest BCUT2D eigenvalue weighted by molar-refractivity contribution is 0.124. The SMILES string of the molecule is C#CCC(C)NCCOCCC(C)C. The van der Waals surface area contributed by atoms with Crippen LogP contribution in [-0.4, -0.2) is 25.8 Å². The molecule has 0 heterocycles. The van der Waals surface area contributed by atoms with E-state index in [1.54, 1.807) is 0 Å². The van der Waals surface area contributed by atoms with Gasteiger partial charge in [-0.15, -0.1) is 12.3 Å². The molecule has 0 aromatic rings. The van der Waals surface area contributed by atoms with E-state index < -0.39 is 0 Å². The minimum atomic E-state index is 0.397. The maximum Gasteiger partial charge on any atom is 0.0591 e. The monoisotopic (exact) mass is 197 g/mol. The summed E-state index contributed by atoms with van der Waals surface area (Å²) in [5.74, 6) is 3.36. The molecule has 82 valence electrons. The lowest BCUT2D eigenvalue weighted by Crippen LogP contribution is -2.29. The summed E-state index contributed by atoms with van der Waals surface area (Å²) in [5, 5.41) is 3.30. The fraction of sp³-hybridized carbons (Fsp3) is 0.833. The van der Waals surface area contributed by atoms with Gasteiger partial charge in [0, 0.05) is 25.6 Å². The normalized spacial score (nSPS) is 12.8. The fourth-order valence-corrected chi connectivity index (χ4v) is 1.05. The molecule has 1 atom stereocenters. The average molecular weight is 197 g/mol. The van der Waals surface area contributed by atoms with Crippen LogP contribution in [0.15, 0.2) is 0 Å². The van der Waals surface area contributed by atoms with Gasteiger partial charge in [0.25, 0.3) is 0 Å². The number of ether oxygens (including phenoxy) is 1. The first-order valence-electron chi connectivity index (χ1n) is 5.41. The van der Waals surface area contributed by atoms with Crippen LogP contribution < -0.4 is 5.32 Å². The quantitative estimate of drug-likeness (QED) is 0.475. The second-order valence-corrected chi connectivity index (χ2v) is 4.06. The van der Waals surface area contributed by atoms with Crippen molar-refractivity contribution in [3.63, 3.8) is 0 Å². The molecular weight excluding hydrogens is 174 g/mol. The first kappa shape index (κ1) is 13.5. The minimum Gasteiger partial charge on any atom is -0.380 e. The Kier molecular flexibility index (Phi) is 8.72. The van der Waals surface area contributed by atoms with E-state index in [1.807, 2.05) is 0 Å². The molecule has 2 nitrogen and oxygen atoms in total. The van der Waals surface area contributed by atoms with Crippen LogP contribution >= 0.6 is 0 Å². The van der Waals surface area contributed by atoms with Crippen molar-refractivity contribution < 1.29 is 4.74 Å². The predicted octanol–water partition coefficient (Wildman–Crippen LogP) is 2.05. The first-order valence-corrected chi connectivity index (χ1v) is 5.41. The largest absolute Gasteiger partial charge is 0.380 e. The van der Waals surface area contributed by atoms with Gasteiger partial charge >= 0.3 is 0 Å². The van der Waals surface area contributed by atoms with Crippen molar-refractivity contribution in [2.24, 2.45) is 5.92 Å². The zero-order valence-corrected chi connectivity index (χ0v) is 9.68. The maximum absolute atomic E-state index is 5.46. The third-order valence-electron chi connectivity index (χ3n) is 2.00. The highest BCUT2D eigenvalue weighted by Gasteiger charge is 1.98. The van der Waals surface area contributed by atoms with E-state index in [-0.39, 0.29) is 0 Å². The molecule has 0 saturated carbocycles. The Hall–Kier alpha value is -0.520. The van der Waals surface area contributed by atoms with E-state index in [9.17, 15) is 0 Å². The molecule has 1 unspecified atom stereocenters. The zero-order valence-electron chi connectivity index (χ0n) is 9.68.